The van der Waals surface area contributed by atoms with E-state index >= 15 is 0 Å². The van der Waals surface area contributed by atoms with Gasteiger partial charge in [0.05, 0.1) is 18.5 Å². The Hall–Kier alpha value is -1.91. The predicted octanol–water partition coefficient (Wildman–Crippen LogP) is 0.586. The van der Waals surface area contributed by atoms with E-state index in [1.807, 2.05) is 31.5 Å². The van der Waals surface area contributed by atoms with E-state index in [0.29, 0.717) is 5.88 Å². The van der Waals surface area contributed by atoms with Gasteiger partial charge in [0.2, 0.25) is 5.88 Å². The molecule has 1 aliphatic rings. The molecule has 2 N–H and O–H groups in total. The maximum Gasteiger partial charge on any atom is 0.207 e. The van der Waals surface area contributed by atoms with Crippen LogP contribution in [0.3, 0.4) is 0 Å². The Kier molecular flexibility index (Phi) is 2.14. The smallest absolute Gasteiger partial charge is 0.207 e. The van der Waals surface area contributed by atoms with Crippen LogP contribution >= 0.6 is 0 Å². The van der Waals surface area contributed by atoms with Crippen LogP contribution in [0, 0.1) is 6.92 Å². The molecule has 74 valence electrons. The second-order valence-corrected chi connectivity index (χ2v) is 2.95. The highest BCUT2D eigenvalue weighted by Gasteiger charge is 2.06. The average molecular weight is 192 g/mol. The molecule has 1 aromatic rings. The lowest BCUT2D eigenvalue weighted by Gasteiger charge is -2.15. The summed E-state index contributed by atoms with van der Waals surface area (Å²) in [6.45, 7) is 1.95. The monoisotopic (exact) mass is 192 g/mol. The molecule has 0 amide bonds. The third kappa shape index (κ3) is 1.56. The van der Waals surface area contributed by atoms with Crippen molar-refractivity contribution in [2.45, 2.75) is 6.92 Å². The molecule has 2 rings (SSSR count). The van der Waals surface area contributed by atoms with Crippen LogP contribution in [0.5, 0.6) is 0 Å². The summed E-state index contributed by atoms with van der Waals surface area (Å²) in [6.07, 6.45) is 5.58. The van der Waals surface area contributed by atoms with Crippen molar-refractivity contribution in [3.63, 3.8) is 0 Å². The summed E-state index contributed by atoms with van der Waals surface area (Å²) in [5, 5.41) is 4.28. The second-order valence-electron chi connectivity index (χ2n) is 2.95. The first-order valence-electron chi connectivity index (χ1n) is 4.29. The maximum atomic E-state index is 5.06. The molecule has 0 unspecified atom stereocenters. The Morgan fingerprint density at radius 3 is 3.00 bits per heavy atom. The Labute approximate surface area is 82.0 Å². The number of hydrogen-bond acceptors (Lipinski definition) is 4. The van der Waals surface area contributed by atoms with Crippen molar-refractivity contribution >= 4 is 5.70 Å². The summed E-state index contributed by atoms with van der Waals surface area (Å²) in [7, 11) is 1.61. The van der Waals surface area contributed by atoms with Gasteiger partial charge in [0.25, 0.3) is 0 Å². The molecule has 0 fully saturated rings. The first-order chi connectivity index (χ1) is 6.79. The Balaban J connectivity index is 2.27. The van der Waals surface area contributed by atoms with Gasteiger partial charge in [0.15, 0.2) is 0 Å². The predicted molar refractivity (Wildman–Crippen MR) is 52.6 cm³/mol. The first kappa shape index (κ1) is 8.68. The summed E-state index contributed by atoms with van der Waals surface area (Å²) >= 11 is 0. The van der Waals surface area contributed by atoms with Crippen LogP contribution in [0.4, 0.5) is 0 Å². The molecular formula is C9H12N4O. The Bertz CT molecular complexity index is 391. The number of allylic oxidation sites excluding steroid dienone is 2. The van der Waals surface area contributed by atoms with Gasteiger partial charge in [-0.1, -0.05) is 0 Å². The molecule has 5 nitrogen and oxygen atoms in total. The van der Waals surface area contributed by atoms with Gasteiger partial charge in [0, 0.05) is 18.5 Å². The summed E-state index contributed by atoms with van der Waals surface area (Å²) in [4.78, 5) is 0. The van der Waals surface area contributed by atoms with Gasteiger partial charge < -0.3 is 10.2 Å². The van der Waals surface area contributed by atoms with Crippen LogP contribution in [0.25, 0.3) is 5.70 Å². The van der Waals surface area contributed by atoms with Gasteiger partial charge in [0.1, 0.15) is 0 Å². The van der Waals surface area contributed by atoms with Crippen LogP contribution < -0.4 is 10.9 Å². The normalized spacial score (nSPS) is 15.0. The standard InChI is InChI=1S/C9H12N4O/c1-7-3-4-13(12-7)8-5-9(14-2)11-10-6-8/h3-6,10-11H,1-2H3. The Morgan fingerprint density at radius 2 is 2.36 bits per heavy atom. The summed E-state index contributed by atoms with van der Waals surface area (Å²) in [6, 6.07) is 1.95. The molecule has 2 heterocycles. The number of nitrogens with zero attached hydrogens (tertiary/aromatic N) is 2. The van der Waals surface area contributed by atoms with Crippen LogP contribution in [0.2, 0.25) is 0 Å². The molecule has 0 bridgehead atoms. The molecule has 1 aliphatic heterocycles. The van der Waals surface area contributed by atoms with Crippen LogP contribution in [-0.4, -0.2) is 16.9 Å². The van der Waals surface area contributed by atoms with E-state index in [1.165, 1.54) is 0 Å². The molecule has 14 heavy (non-hydrogen) atoms. The van der Waals surface area contributed by atoms with Crippen molar-refractivity contribution in [3.05, 3.63) is 36.1 Å². The minimum absolute atomic E-state index is 0.663. The lowest BCUT2D eigenvalue weighted by molar-refractivity contribution is 0.252. The molecule has 0 aliphatic carbocycles. The van der Waals surface area contributed by atoms with Crippen LogP contribution in [0.1, 0.15) is 5.69 Å². The van der Waals surface area contributed by atoms with E-state index < -0.39 is 0 Å². The van der Waals surface area contributed by atoms with Crippen molar-refractivity contribution < 1.29 is 4.74 Å². The molecule has 1 aromatic heterocycles. The average Bonchev–Trinajstić information content (AvgIpc) is 2.65. The number of ether oxygens (including phenoxy) is 1. The fourth-order valence-corrected chi connectivity index (χ4v) is 1.19. The number of aromatic nitrogens is 2. The van der Waals surface area contributed by atoms with Crippen LogP contribution in [0.15, 0.2) is 30.4 Å². The fraction of sp³-hybridized carbons (Fsp3) is 0.222. The van der Waals surface area contributed by atoms with Crippen LogP contribution in [-0.2, 0) is 4.74 Å². The summed E-state index contributed by atoms with van der Waals surface area (Å²) in [5.41, 5.74) is 7.63. The van der Waals surface area contributed by atoms with Gasteiger partial charge in [-0.25, -0.2) is 4.68 Å². The third-order valence-electron chi connectivity index (χ3n) is 1.90. The van der Waals surface area contributed by atoms with E-state index in [4.69, 9.17) is 4.74 Å². The number of hydrogen-bond donors (Lipinski definition) is 2. The largest absolute Gasteiger partial charge is 0.481 e. The van der Waals surface area contributed by atoms with Gasteiger partial charge in [-0.15, -0.1) is 0 Å². The SMILES string of the molecule is COC1=CC(n2ccc(C)n2)=CNN1. The second kappa shape index (κ2) is 3.45. The number of nitrogens with one attached hydrogen (secondary N) is 2. The first-order valence-corrected chi connectivity index (χ1v) is 4.29. The maximum absolute atomic E-state index is 5.06. The van der Waals surface area contributed by atoms with Crippen molar-refractivity contribution in [2.75, 3.05) is 7.11 Å². The third-order valence-corrected chi connectivity index (χ3v) is 1.90. The lowest BCUT2D eigenvalue weighted by atomic mass is 10.4. The zero-order valence-electron chi connectivity index (χ0n) is 8.11. The molecule has 0 spiro atoms. The fourth-order valence-electron chi connectivity index (χ4n) is 1.19. The van der Waals surface area contributed by atoms with Gasteiger partial charge in [-0.2, -0.15) is 5.10 Å². The summed E-state index contributed by atoms with van der Waals surface area (Å²) in [5.74, 6) is 0.663. The minimum atomic E-state index is 0.663. The highest BCUT2D eigenvalue weighted by atomic mass is 16.5. The molecule has 0 saturated carbocycles. The molecule has 0 saturated heterocycles. The van der Waals surface area contributed by atoms with E-state index in [-0.39, 0.29) is 0 Å². The lowest BCUT2D eigenvalue weighted by Crippen LogP contribution is -2.30. The van der Waals surface area contributed by atoms with Gasteiger partial charge in [-0.05, 0) is 13.0 Å². The van der Waals surface area contributed by atoms with Crippen molar-refractivity contribution in [3.8, 4) is 0 Å². The van der Waals surface area contributed by atoms with Gasteiger partial charge in [-0.3, -0.25) is 5.43 Å². The molecule has 0 aromatic carbocycles. The number of rotatable bonds is 2. The van der Waals surface area contributed by atoms with E-state index in [1.54, 1.807) is 11.8 Å². The van der Waals surface area contributed by atoms with E-state index in [2.05, 4.69) is 16.0 Å². The van der Waals surface area contributed by atoms with Crippen molar-refractivity contribution in [1.29, 1.82) is 0 Å². The quantitative estimate of drug-likeness (QED) is 0.720. The molecule has 5 heteroatoms. The van der Waals surface area contributed by atoms with Gasteiger partial charge >= 0.3 is 0 Å². The zero-order valence-corrected chi connectivity index (χ0v) is 8.11. The van der Waals surface area contributed by atoms with E-state index in [9.17, 15) is 0 Å². The topological polar surface area (TPSA) is 51.1 Å². The number of aryl methyl sites for hydroxylation is 1. The highest BCUT2D eigenvalue weighted by Crippen LogP contribution is 2.10. The highest BCUT2D eigenvalue weighted by molar-refractivity contribution is 5.57. The minimum Gasteiger partial charge on any atom is -0.481 e. The molecular weight excluding hydrogens is 180 g/mol. The Morgan fingerprint density at radius 1 is 1.50 bits per heavy atom. The number of hydrazine groups is 1. The molecule has 0 radical (unpaired) electrons. The zero-order chi connectivity index (χ0) is 9.97. The molecule has 0 atom stereocenters. The summed E-state index contributed by atoms with van der Waals surface area (Å²) < 4.78 is 6.84. The van der Waals surface area contributed by atoms with E-state index in [0.717, 1.165) is 11.4 Å². The van der Waals surface area contributed by atoms with Crippen molar-refractivity contribution in [1.82, 2.24) is 20.6 Å². The van der Waals surface area contributed by atoms with Crippen molar-refractivity contribution in [2.24, 2.45) is 0 Å². The number of methoxy groups -OCH3 is 1.